The van der Waals surface area contributed by atoms with Crippen LogP contribution in [0.25, 0.3) is 0 Å². The highest BCUT2D eigenvalue weighted by Crippen LogP contribution is 2.44. The molecule has 1 aliphatic heterocycles. The molecule has 2 atom stereocenters. The van der Waals surface area contributed by atoms with Crippen molar-refractivity contribution in [3.05, 3.63) is 29.6 Å². The Balaban J connectivity index is 2.39. The highest BCUT2D eigenvalue weighted by molar-refractivity contribution is 5.70. The zero-order valence-electron chi connectivity index (χ0n) is 19.5. The van der Waals surface area contributed by atoms with Crippen molar-refractivity contribution in [3.8, 4) is 5.75 Å². The van der Waals surface area contributed by atoms with E-state index < -0.39 is 54.1 Å². The van der Waals surface area contributed by atoms with Gasteiger partial charge in [-0.2, -0.15) is 13.2 Å². The third-order valence-electron chi connectivity index (χ3n) is 6.12. The number of halogens is 4. The van der Waals surface area contributed by atoms with E-state index in [-0.39, 0.29) is 37.4 Å². The molecule has 0 aromatic heterocycles. The molecule has 1 heterocycles. The largest absolute Gasteiger partial charge is 0.496 e. The Kier molecular flexibility index (Phi) is 8.41. The SMILES string of the molecule is COC(=O)CC1CN(C(=O)O)CCN1CC(O)(CC(C)(C)c1cc(F)ccc1OC)C(F)(F)F. The minimum Gasteiger partial charge on any atom is -0.496 e. The van der Waals surface area contributed by atoms with Crippen LogP contribution in [0.3, 0.4) is 0 Å². The lowest BCUT2D eigenvalue weighted by Gasteiger charge is -2.46. The zero-order chi connectivity index (χ0) is 25.9. The summed E-state index contributed by atoms with van der Waals surface area (Å²) in [7, 11) is 2.42. The molecule has 12 heteroatoms. The van der Waals surface area contributed by atoms with Crippen molar-refractivity contribution in [2.45, 2.75) is 49.9 Å². The number of nitrogens with zero attached hydrogens (tertiary/aromatic N) is 2. The average Bonchev–Trinajstić information content (AvgIpc) is 2.73. The van der Waals surface area contributed by atoms with Crippen molar-refractivity contribution in [2.75, 3.05) is 40.4 Å². The predicted molar refractivity (Wildman–Crippen MR) is 113 cm³/mol. The standard InChI is InChI=1S/C22H30F4N2O6/c1-20(2,16-9-14(23)5-6-17(16)33-3)12-21(32,22(24,25)26)13-28-8-7-27(19(30)31)11-15(28)10-18(29)34-4/h5-6,9,15,32H,7-8,10-13H2,1-4H3,(H,30,31). The van der Waals surface area contributed by atoms with Gasteiger partial charge >= 0.3 is 18.2 Å². The molecule has 8 nitrogen and oxygen atoms in total. The number of hydrogen-bond acceptors (Lipinski definition) is 6. The minimum atomic E-state index is -5.08. The molecule has 0 radical (unpaired) electrons. The summed E-state index contributed by atoms with van der Waals surface area (Å²) in [6.07, 6.45) is -7.53. The van der Waals surface area contributed by atoms with Crippen LogP contribution in [0.1, 0.15) is 32.3 Å². The van der Waals surface area contributed by atoms with Gasteiger partial charge in [0.25, 0.3) is 0 Å². The van der Waals surface area contributed by atoms with Crippen molar-refractivity contribution in [1.29, 1.82) is 0 Å². The molecular weight excluding hydrogens is 464 g/mol. The van der Waals surface area contributed by atoms with E-state index in [0.717, 1.165) is 24.1 Å². The van der Waals surface area contributed by atoms with Crippen molar-refractivity contribution in [3.63, 3.8) is 0 Å². The number of amides is 1. The summed E-state index contributed by atoms with van der Waals surface area (Å²) in [4.78, 5) is 25.4. The summed E-state index contributed by atoms with van der Waals surface area (Å²) >= 11 is 0. The number of esters is 1. The number of alkyl halides is 3. The lowest BCUT2D eigenvalue weighted by molar-refractivity contribution is -0.273. The van der Waals surface area contributed by atoms with Crippen molar-refractivity contribution >= 4 is 12.1 Å². The number of piperazine rings is 1. The molecule has 0 aliphatic carbocycles. The molecule has 0 saturated carbocycles. The molecule has 2 N–H and O–H groups in total. The Bertz CT molecular complexity index is 895. The number of rotatable bonds is 8. The van der Waals surface area contributed by atoms with Gasteiger partial charge in [-0.15, -0.1) is 0 Å². The van der Waals surface area contributed by atoms with Gasteiger partial charge < -0.3 is 24.6 Å². The topological polar surface area (TPSA) is 99.5 Å². The summed E-state index contributed by atoms with van der Waals surface area (Å²) in [6.45, 7) is 1.52. The fourth-order valence-corrected chi connectivity index (χ4v) is 4.36. The predicted octanol–water partition coefficient (Wildman–Crippen LogP) is 3.02. The van der Waals surface area contributed by atoms with E-state index in [9.17, 15) is 37.4 Å². The molecule has 1 aromatic rings. The summed E-state index contributed by atoms with van der Waals surface area (Å²) in [5, 5.41) is 20.2. The van der Waals surface area contributed by atoms with E-state index in [1.54, 1.807) is 0 Å². The molecule has 1 amide bonds. The molecule has 1 aromatic carbocycles. The molecule has 34 heavy (non-hydrogen) atoms. The monoisotopic (exact) mass is 494 g/mol. The molecule has 1 fully saturated rings. The van der Waals surface area contributed by atoms with Crippen LogP contribution >= 0.6 is 0 Å². The Labute approximate surface area is 195 Å². The van der Waals surface area contributed by atoms with Crippen LogP contribution in [0.4, 0.5) is 22.4 Å². The Morgan fingerprint density at radius 3 is 2.35 bits per heavy atom. The Morgan fingerprint density at radius 2 is 1.82 bits per heavy atom. The van der Waals surface area contributed by atoms with Gasteiger partial charge in [-0.3, -0.25) is 9.69 Å². The van der Waals surface area contributed by atoms with Crippen LogP contribution in [0.5, 0.6) is 5.75 Å². The number of carbonyl (C=O) groups is 2. The second kappa shape index (κ2) is 10.3. The molecule has 0 spiro atoms. The first kappa shape index (κ1) is 27.6. The Hall–Kier alpha value is -2.60. The average molecular weight is 494 g/mol. The first-order chi connectivity index (χ1) is 15.6. The van der Waals surface area contributed by atoms with Crippen LogP contribution in [-0.4, -0.2) is 90.3 Å². The van der Waals surface area contributed by atoms with Crippen LogP contribution in [0.2, 0.25) is 0 Å². The van der Waals surface area contributed by atoms with Gasteiger partial charge in [-0.05, 0) is 30.0 Å². The third-order valence-corrected chi connectivity index (χ3v) is 6.12. The smallest absolute Gasteiger partial charge is 0.418 e. The highest BCUT2D eigenvalue weighted by atomic mass is 19.4. The molecular formula is C22H30F4N2O6. The van der Waals surface area contributed by atoms with Gasteiger partial charge in [0.15, 0.2) is 5.60 Å². The van der Waals surface area contributed by atoms with Gasteiger partial charge in [0.05, 0.1) is 20.6 Å². The summed E-state index contributed by atoms with van der Waals surface area (Å²) < 4.78 is 66.5. The van der Waals surface area contributed by atoms with Crippen LogP contribution in [-0.2, 0) is 14.9 Å². The number of carbonyl (C=O) groups excluding carboxylic acids is 1. The third kappa shape index (κ3) is 6.29. The molecule has 1 aliphatic rings. The van der Waals surface area contributed by atoms with Gasteiger partial charge in [0, 0.05) is 37.8 Å². The zero-order valence-corrected chi connectivity index (χ0v) is 19.5. The van der Waals surface area contributed by atoms with E-state index >= 15 is 0 Å². The van der Waals surface area contributed by atoms with E-state index in [4.69, 9.17) is 4.74 Å². The molecule has 2 unspecified atom stereocenters. The number of carboxylic acid groups (broad SMARTS) is 1. The Morgan fingerprint density at radius 1 is 1.18 bits per heavy atom. The fourth-order valence-electron chi connectivity index (χ4n) is 4.36. The lowest BCUT2D eigenvalue weighted by Crippen LogP contribution is -2.62. The van der Waals surface area contributed by atoms with Crippen LogP contribution < -0.4 is 4.74 Å². The number of hydrogen-bond donors (Lipinski definition) is 2. The summed E-state index contributed by atoms with van der Waals surface area (Å²) in [6, 6.07) is 2.56. The number of aliphatic hydroxyl groups is 1. The normalized spacial score (nSPS) is 19.4. The van der Waals surface area contributed by atoms with Crippen molar-refractivity contribution in [2.24, 2.45) is 0 Å². The van der Waals surface area contributed by atoms with Crippen LogP contribution in [0, 0.1) is 5.82 Å². The van der Waals surface area contributed by atoms with Crippen molar-refractivity contribution in [1.82, 2.24) is 9.80 Å². The maximum absolute atomic E-state index is 14.2. The molecule has 0 bridgehead atoms. The van der Waals surface area contributed by atoms with Gasteiger partial charge in [0.1, 0.15) is 11.6 Å². The fraction of sp³-hybridized carbons (Fsp3) is 0.636. The van der Waals surface area contributed by atoms with Gasteiger partial charge in [-0.25, -0.2) is 9.18 Å². The molecule has 192 valence electrons. The minimum absolute atomic E-state index is 0.0952. The number of β-amino-alcohol motifs (C(OH)–C–C–N with tert-alkyl or cyclic N) is 1. The van der Waals surface area contributed by atoms with E-state index in [1.165, 1.54) is 31.9 Å². The van der Waals surface area contributed by atoms with E-state index in [1.807, 2.05) is 0 Å². The second-order valence-corrected chi connectivity index (χ2v) is 9.07. The molecule has 2 rings (SSSR count). The maximum atomic E-state index is 14.2. The lowest BCUT2D eigenvalue weighted by atomic mass is 9.74. The molecule has 1 saturated heterocycles. The van der Waals surface area contributed by atoms with Crippen molar-refractivity contribution < 1.29 is 46.8 Å². The number of benzene rings is 1. The summed E-state index contributed by atoms with van der Waals surface area (Å²) in [5.41, 5.74) is -4.48. The second-order valence-electron chi connectivity index (χ2n) is 9.07. The summed E-state index contributed by atoms with van der Waals surface area (Å²) in [5.74, 6) is -1.21. The first-order valence-corrected chi connectivity index (χ1v) is 10.6. The quantitative estimate of drug-likeness (QED) is 0.423. The van der Waals surface area contributed by atoms with E-state index in [0.29, 0.717) is 0 Å². The van der Waals surface area contributed by atoms with Gasteiger partial charge in [0.2, 0.25) is 0 Å². The van der Waals surface area contributed by atoms with Crippen LogP contribution in [0.15, 0.2) is 18.2 Å². The van der Waals surface area contributed by atoms with E-state index in [2.05, 4.69) is 4.74 Å². The first-order valence-electron chi connectivity index (χ1n) is 10.6. The number of methoxy groups -OCH3 is 2. The van der Waals surface area contributed by atoms with Gasteiger partial charge in [-0.1, -0.05) is 13.8 Å². The maximum Gasteiger partial charge on any atom is 0.418 e. The number of ether oxygens (including phenoxy) is 2. The highest BCUT2D eigenvalue weighted by Gasteiger charge is 2.57.